The number of benzene rings is 2. The molecule has 0 saturated carbocycles. The van der Waals surface area contributed by atoms with Crippen LogP contribution < -0.4 is 26.0 Å². The maximum absolute atomic E-state index is 13.2. The van der Waals surface area contributed by atoms with Crippen molar-refractivity contribution in [2.24, 2.45) is 0 Å². The number of nitrogen functional groups attached to an aromatic ring is 1. The van der Waals surface area contributed by atoms with Gasteiger partial charge in [0.25, 0.3) is 0 Å². The molecule has 3 aromatic rings. The first-order chi connectivity index (χ1) is 14.8. The third-order valence-corrected chi connectivity index (χ3v) is 5.32. The topological polar surface area (TPSA) is 88.3 Å². The van der Waals surface area contributed by atoms with Gasteiger partial charge in [-0.3, -0.25) is 0 Å². The van der Waals surface area contributed by atoms with Gasteiger partial charge in [-0.2, -0.15) is 18.2 Å². The minimum absolute atomic E-state index is 0.000482. The van der Waals surface area contributed by atoms with E-state index in [2.05, 4.69) is 25.5 Å². The van der Waals surface area contributed by atoms with Crippen LogP contribution in [-0.2, 0) is 6.18 Å². The molecule has 1 aromatic heterocycles. The number of rotatable bonds is 5. The summed E-state index contributed by atoms with van der Waals surface area (Å²) in [6, 6.07) is 9.08. The molecule has 31 heavy (non-hydrogen) atoms. The maximum atomic E-state index is 13.2. The Kier molecular flexibility index (Phi) is 5.48. The number of nitrogens with one attached hydrogen (secondary N) is 2. The van der Waals surface area contributed by atoms with Gasteiger partial charge in [0.2, 0.25) is 5.95 Å². The lowest BCUT2D eigenvalue weighted by Crippen LogP contribution is -2.30. The van der Waals surface area contributed by atoms with E-state index in [9.17, 15) is 13.2 Å². The van der Waals surface area contributed by atoms with Gasteiger partial charge in [0.05, 0.1) is 18.2 Å². The Labute approximate surface area is 177 Å². The number of halogens is 3. The molecule has 1 aliphatic rings. The predicted octanol–water partition coefficient (Wildman–Crippen LogP) is 3.78. The highest BCUT2D eigenvalue weighted by atomic mass is 19.4. The summed E-state index contributed by atoms with van der Waals surface area (Å²) >= 11 is 0. The van der Waals surface area contributed by atoms with Crippen LogP contribution in [0.1, 0.15) is 12.0 Å². The van der Waals surface area contributed by atoms with E-state index in [4.69, 9.17) is 10.5 Å². The van der Waals surface area contributed by atoms with E-state index >= 15 is 0 Å². The van der Waals surface area contributed by atoms with Gasteiger partial charge in [-0.1, -0.05) is 0 Å². The van der Waals surface area contributed by atoms with Crippen molar-refractivity contribution < 1.29 is 17.9 Å². The quantitative estimate of drug-likeness (QED) is 0.529. The van der Waals surface area contributed by atoms with E-state index < -0.39 is 11.7 Å². The SMILES string of the molecule is CN[C@H]1CCN(c2nc(Nc3cc(N)cc(C(F)(F)F)c3)nc3ccc(OC)cc23)C1. The predicted molar refractivity (Wildman–Crippen MR) is 115 cm³/mol. The summed E-state index contributed by atoms with van der Waals surface area (Å²) in [4.78, 5) is 11.3. The number of methoxy groups -OCH3 is 1. The average Bonchev–Trinajstić information content (AvgIpc) is 3.21. The van der Waals surface area contributed by atoms with Gasteiger partial charge < -0.3 is 26.0 Å². The van der Waals surface area contributed by atoms with Gasteiger partial charge in [0.15, 0.2) is 0 Å². The second-order valence-electron chi connectivity index (χ2n) is 7.44. The number of aromatic nitrogens is 2. The molecule has 1 saturated heterocycles. The molecule has 2 aromatic carbocycles. The zero-order valence-electron chi connectivity index (χ0n) is 17.1. The maximum Gasteiger partial charge on any atom is 0.416 e. The molecule has 10 heteroatoms. The van der Waals surface area contributed by atoms with Crippen LogP contribution in [0.25, 0.3) is 10.9 Å². The van der Waals surface area contributed by atoms with E-state index in [1.165, 1.54) is 6.07 Å². The number of nitrogens with zero attached hydrogens (tertiary/aromatic N) is 3. The van der Waals surface area contributed by atoms with Crippen LogP contribution in [0.4, 0.5) is 36.3 Å². The summed E-state index contributed by atoms with van der Waals surface area (Å²) < 4.78 is 44.8. The third-order valence-electron chi connectivity index (χ3n) is 5.32. The second kappa shape index (κ2) is 8.10. The number of hydrogen-bond acceptors (Lipinski definition) is 7. The Morgan fingerprint density at radius 1 is 1.16 bits per heavy atom. The number of anilines is 4. The average molecular weight is 432 g/mol. The van der Waals surface area contributed by atoms with Crippen molar-refractivity contribution in [2.45, 2.75) is 18.6 Å². The summed E-state index contributed by atoms with van der Waals surface area (Å²) in [5, 5.41) is 6.97. The third kappa shape index (κ3) is 4.43. The van der Waals surface area contributed by atoms with Crippen LogP contribution in [0.2, 0.25) is 0 Å². The molecule has 7 nitrogen and oxygen atoms in total. The first-order valence-corrected chi connectivity index (χ1v) is 9.79. The van der Waals surface area contributed by atoms with Crippen LogP contribution in [0, 0.1) is 0 Å². The van der Waals surface area contributed by atoms with E-state index in [1.54, 1.807) is 19.2 Å². The zero-order valence-corrected chi connectivity index (χ0v) is 17.1. The van der Waals surface area contributed by atoms with Crippen LogP contribution in [0.5, 0.6) is 5.75 Å². The highest BCUT2D eigenvalue weighted by Crippen LogP contribution is 2.35. The number of fused-ring (bicyclic) bond motifs is 1. The van der Waals surface area contributed by atoms with Crippen molar-refractivity contribution in [2.75, 3.05) is 43.2 Å². The summed E-state index contributed by atoms with van der Waals surface area (Å²) in [5.41, 5.74) is 5.67. The van der Waals surface area contributed by atoms with Gasteiger partial charge in [-0.25, -0.2) is 4.98 Å². The minimum Gasteiger partial charge on any atom is -0.497 e. The number of alkyl halides is 3. The summed E-state index contributed by atoms with van der Waals surface area (Å²) in [7, 11) is 3.50. The lowest BCUT2D eigenvalue weighted by molar-refractivity contribution is -0.137. The molecule has 4 N–H and O–H groups in total. The molecular formula is C21H23F3N6O. The highest BCUT2D eigenvalue weighted by Gasteiger charge is 2.31. The lowest BCUT2D eigenvalue weighted by atomic mass is 10.1. The summed E-state index contributed by atoms with van der Waals surface area (Å²) in [6.45, 7) is 1.56. The Morgan fingerprint density at radius 3 is 2.65 bits per heavy atom. The van der Waals surface area contributed by atoms with E-state index in [-0.39, 0.29) is 17.3 Å². The van der Waals surface area contributed by atoms with Crippen molar-refractivity contribution in [3.8, 4) is 5.75 Å². The summed E-state index contributed by atoms with van der Waals surface area (Å²) in [5.74, 6) is 1.57. The normalized spacial score (nSPS) is 16.7. The van der Waals surface area contributed by atoms with E-state index in [1.807, 2.05) is 13.1 Å². The van der Waals surface area contributed by atoms with Gasteiger partial charge in [0.1, 0.15) is 11.6 Å². The zero-order chi connectivity index (χ0) is 22.2. The molecule has 0 unspecified atom stereocenters. The smallest absolute Gasteiger partial charge is 0.416 e. The first kappa shape index (κ1) is 21.0. The number of hydrogen-bond donors (Lipinski definition) is 3. The van der Waals surface area contributed by atoms with Crippen LogP contribution >= 0.6 is 0 Å². The molecule has 0 amide bonds. The largest absolute Gasteiger partial charge is 0.497 e. The highest BCUT2D eigenvalue weighted by molar-refractivity contribution is 5.92. The van der Waals surface area contributed by atoms with Gasteiger partial charge in [-0.05, 0) is 49.9 Å². The van der Waals surface area contributed by atoms with Gasteiger partial charge in [-0.15, -0.1) is 0 Å². The van der Waals surface area contributed by atoms with Crippen molar-refractivity contribution in [3.05, 3.63) is 42.0 Å². The molecule has 2 heterocycles. The number of nitrogens with two attached hydrogens (primary N) is 1. The van der Waals surface area contributed by atoms with Crippen molar-refractivity contribution in [3.63, 3.8) is 0 Å². The number of likely N-dealkylation sites (N-methyl/N-ethyl adjacent to an activating group) is 1. The monoisotopic (exact) mass is 432 g/mol. The second-order valence-corrected chi connectivity index (χ2v) is 7.44. The minimum atomic E-state index is -4.50. The van der Waals surface area contributed by atoms with Gasteiger partial charge >= 0.3 is 6.18 Å². The first-order valence-electron chi connectivity index (χ1n) is 9.79. The standard InChI is InChI=1S/C21H23F3N6O/c1-26-14-5-6-30(11-14)19-17-10-16(31-2)3-4-18(17)28-20(29-19)27-15-8-12(21(22,23)24)7-13(25)9-15/h3-4,7-10,14,26H,5-6,11,25H2,1-2H3,(H,27,28,29)/t14-/m0/s1. The molecule has 1 fully saturated rings. The number of ether oxygens (including phenoxy) is 1. The summed E-state index contributed by atoms with van der Waals surface area (Å²) in [6.07, 6.45) is -3.55. The molecule has 0 bridgehead atoms. The van der Waals surface area contributed by atoms with E-state index in [0.29, 0.717) is 23.1 Å². The Bertz CT molecular complexity index is 1100. The van der Waals surface area contributed by atoms with Crippen molar-refractivity contribution in [1.29, 1.82) is 0 Å². The molecule has 0 radical (unpaired) electrons. The molecule has 164 valence electrons. The lowest BCUT2D eigenvalue weighted by Gasteiger charge is -2.21. The van der Waals surface area contributed by atoms with Crippen molar-refractivity contribution in [1.82, 2.24) is 15.3 Å². The van der Waals surface area contributed by atoms with E-state index in [0.717, 1.165) is 37.0 Å². The van der Waals surface area contributed by atoms with Crippen LogP contribution in [0.15, 0.2) is 36.4 Å². The molecule has 1 aliphatic heterocycles. The molecule has 0 aliphatic carbocycles. The molecular weight excluding hydrogens is 409 g/mol. The fourth-order valence-corrected chi connectivity index (χ4v) is 3.72. The molecule has 4 rings (SSSR count). The molecule has 1 atom stereocenters. The van der Waals surface area contributed by atoms with Crippen molar-refractivity contribution >= 4 is 34.0 Å². The van der Waals surface area contributed by atoms with Gasteiger partial charge in [0, 0.05) is 35.9 Å². The Morgan fingerprint density at radius 2 is 1.97 bits per heavy atom. The molecule has 0 spiro atoms. The Hall–Kier alpha value is -3.27. The van der Waals surface area contributed by atoms with Crippen LogP contribution in [-0.4, -0.2) is 43.3 Å². The fourth-order valence-electron chi connectivity index (χ4n) is 3.72. The van der Waals surface area contributed by atoms with Crippen LogP contribution in [0.3, 0.4) is 0 Å². The Balaban J connectivity index is 1.76. The fraction of sp³-hybridized carbons (Fsp3) is 0.333.